The molecule has 3 atom stereocenters. The summed E-state index contributed by atoms with van der Waals surface area (Å²) in [5, 5.41) is 10.1. The minimum atomic E-state index is -0.218. The van der Waals surface area contributed by atoms with Crippen LogP contribution >= 0.6 is 10.0 Å². The lowest BCUT2D eigenvalue weighted by Crippen LogP contribution is -2.51. The molecule has 5 rings (SSSR count). The fourth-order valence-corrected chi connectivity index (χ4v) is 13.6. The monoisotopic (exact) mass is 406 g/mol. The third-order valence-electron chi connectivity index (χ3n) is 10.7. The van der Waals surface area contributed by atoms with E-state index in [2.05, 4.69) is 6.26 Å². The molecule has 28 heavy (non-hydrogen) atoms. The van der Waals surface area contributed by atoms with Gasteiger partial charge in [0.1, 0.15) is 0 Å². The van der Waals surface area contributed by atoms with E-state index in [1.54, 1.807) is 56.5 Å². The van der Waals surface area contributed by atoms with Gasteiger partial charge >= 0.3 is 0 Å². The van der Waals surface area contributed by atoms with Crippen LogP contribution in [-0.4, -0.2) is 33.7 Å². The molecule has 1 nitrogen and oxygen atoms in total. The van der Waals surface area contributed by atoms with Crippen LogP contribution in [0.5, 0.6) is 0 Å². The third-order valence-corrected chi connectivity index (χ3v) is 15.7. The smallest absolute Gasteiger partial charge is 0.0540 e. The lowest BCUT2D eigenvalue weighted by molar-refractivity contribution is 0.0241. The average molecular weight is 407 g/mol. The molecule has 0 aromatic heterocycles. The van der Waals surface area contributed by atoms with E-state index in [1.165, 1.54) is 44.9 Å². The molecular weight excluding hydrogens is 360 g/mol. The molecule has 0 aromatic rings. The Balaban J connectivity index is 1.26. The van der Waals surface area contributed by atoms with E-state index in [0.29, 0.717) is 0 Å². The molecule has 0 spiro atoms. The highest BCUT2D eigenvalue weighted by Gasteiger charge is 2.59. The summed E-state index contributed by atoms with van der Waals surface area (Å²) >= 11 is 0. The summed E-state index contributed by atoms with van der Waals surface area (Å²) < 4.78 is 0.854. The van der Waals surface area contributed by atoms with Crippen molar-refractivity contribution in [2.24, 2.45) is 29.6 Å². The first kappa shape index (κ1) is 20.2. The lowest BCUT2D eigenvalue weighted by atomic mass is 9.60. The van der Waals surface area contributed by atoms with Crippen LogP contribution in [0, 0.1) is 29.6 Å². The molecule has 3 aliphatic carbocycles. The van der Waals surface area contributed by atoms with Crippen LogP contribution in [0.2, 0.25) is 0 Å². The molecule has 3 unspecified atom stereocenters. The van der Waals surface area contributed by atoms with Crippen LogP contribution in [-0.2, 0) is 0 Å². The number of hydrogen-bond donors (Lipinski definition) is 1. The maximum absolute atomic E-state index is 10.1. The van der Waals surface area contributed by atoms with Crippen molar-refractivity contribution >= 4 is 10.0 Å². The van der Waals surface area contributed by atoms with E-state index in [4.69, 9.17) is 0 Å². The summed E-state index contributed by atoms with van der Waals surface area (Å²) in [6, 6.07) is 0. The molecule has 3 saturated carbocycles. The minimum absolute atomic E-state index is 0.0136. The highest BCUT2D eigenvalue weighted by molar-refractivity contribution is 8.35. The second kappa shape index (κ2) is 8.10. The van der Waals surface area contributed by atoms with E-state index >= 15 is 0 Å². The molecule has 162 valence electrons. The van der Waals surface area contributed by atoms with Crippen LogP contribution in [0.1, 0.15) is 103 Å². The number of rotatable bonds is 4. The van der Waals surface area contributed by atoms with Crippen LogP contribution < -0.4 is 0 Å². The van der Waals surface area contributed by atoms with Crippen LogP contribution in [0.4, 0.5) is 0 Å². The SMILES string of the molecule is CS12CCCC1(C1CCC(C(C3CCCCC3)C3CCC(O)CC3)CC1)CC2. The average Bonchev–Trinajstić information content (AvgIpc) is 2.95. The first-order valence-corrected chi connectivity index (χ1v) is 15.4. The summed E-state index contributed by atoms with van der Waals surface area (Å²) in [6.45, 7) is 0. The zero-order valence-electron chi connectivity index (χ0n) is 18.5. The summed E-state index contributed by atoms with van der Waals surface area (Å²) in [6.07, 6.45) is 26.1. The molecule has 2 aliphatic heterocycles. The highest BCUT2D eigenvalue weighted by Crippen LogP contribution is 2.77. The Morgan fingerprint density at radius 2 is 1.29 bits per heavy atom. The molecule has 0 aromatic carbocycles. The van der Waals surface area contributed by atoms with Crippen LogP contribution in [0.3, 0.4) is 0 Å². The van der Waals surface area contributed by atoms with Crippen molar-refractivity contribution in [3.63, 3.8) is 0 Å². The van der Waals surface area contributed by atoms with Gasteiger partial charge in [0.25, 0.3) is 0 Å². The normalized spacial score (nSPS) is 50.9. The summed E-state index contributed by atoms with van der Waals surface area (Å²) in [7, 11) is -0.218. The number of fused-ring (bicyclic) bond motifs is 1. The number of aliphatic hydroxyl groups is 1. The van der Waals surface area contributed by atoms with Gasteiger partial charge in [-0.25, -0.2) is 10.0 Å². The van der Waals surface area contributed by atoms with Gasteiger partial charge in [-0.1, -0.05) is 32.1 Å². The second-order valence-electron chi connectivity index (χ2n) is 11.8. The first-order valence-electron chi connectivity index (χ1n) is 13.0. The number of hydrogen-bond acceptors (Lipinski definition) is 1. The van der Waals surface area contributed by atoms with E-state index in [9.17, 15) is 5.11 Å². The first-order chi connectivity index (χ1) is 13.6. The van der Waals surface area contributed by atoms with E-state index in [1.807, 2.05) is 0 Å². The maximum Gasteiger partial charge on any atom is 0.0540 e. The van der Waals surface area contributed by atoms with Crippen molar-refractivity contribution in [3.05, 3.63) is 0 Å². The Morgan fingerprint density at radius 1 is 0.679 bits per heavy atom. The third kappa shape index (κ3) is 3.41. The molecule has 1 N–H and O–H groups in total. The van der Waals surface area contributed by atoms with Gasteiger partial charge in [-0.3, -0.25) is 0 Å². The fourth-order valence-electron chi connectivity index (χ4n) is 9.08. The second-order valence-corrected chi connectivity index (χ2v) is 15.9. The van der Waals surface area contributed by atoms with E-state index in [0.717, 1.165) is 47.2 Å². The molecule has 2 saturated heterocycles. The predicted molar refractivity (Wildman–Crippen MR) is 123 cm³/mol. The van der Waals surface area contributed by atoms with Crippen molar-refractivity contribution in [2.45, 2.75) is 114 Å². The molecule has 0 amide bonds. The summed E-state index contributed by atoms with van der Waals surface area (Å²) in [5.74, 6) is 8.33. The van der Waals surface area contributed by atoms with Gasteiger partial charge in [0.2, 0.25) is 0 Å². The Hall–Kier alpha value is 0.310. The van der Waals surface area contributed by atoms with Crippen LogP contribution in [0.15, 0.2) is 0 Å². The molecular formula is C26H46OS. The van der Waals surface area contributed by atoms with Crippen LogP contribution in [0.25, 0.3) is 0 Å². The molecule has 0 bridgehead atoms. The Labute approximate surface area is 176 Å². The van der Waals surface area contributed by atoms with Crippen molar-refractivity contribution in [3.8, 4) is 0 Å². The molecule has 0 radical (unpaired) electrons. The van der Waals surface area contributed by atoms with Gasteiger partial charge in [-0.05, 0) is 118 Å². The quantitative estimate of drug-likeness (QED) is 0.537. The summed E-state index contributed by atoms with van der Waals surface area (Å²) in [4.78, 5) is 0. The van der Waals surface area contributed by atoms with Gasteiger partial charge in [-0.15, -0.1) is 0 Å². The predicted octanol–water partition coefficient (Wildman–Crippen LogP) is 6.91. The standard InChI is InChI=1S/C26H46OS/c1-28-18-5-16-26(28,17-19-28)23-12-8-21(9-13-23)25(20-6-3-2-4-7-20)22-10-14-24(27)15-11-22/h20-25,27H,2-19H2,1H3. The zero-order valence-corrected chi connectivity index (χ0v) is 19.4. The fraction of sp³-hybridized carbons (Fsp3) is 1.00. The highest BCUT2D eigenvalue weighted by atomic mass is 32.3. The largest absolute Gasteiger partial charge is 0.393 e. The minimum Gasteiger partial charge on any atom is -0.393 e. The van der Waals surface area contributed by atoms with Gasteiger partial charge in [-0.2, -0.15) is 0 Å². The molecule has 2 heteroatoms. The maximum atomic E-state index is 10.1. The number of aliphatic hydroxyl groups excluding tert-OH is 1. The van der Waals surface area contributed by atoms with Crippen molar-refractivity contribution in [2.75, 3.05) is 17.8 Å². The Morgan fingerprint density at radius 3 is 1.86 bits per heavy atom. The Kier molecular flexibility index (Phi) is 5.85. The van der Waals surface area contributed by atoms with Crippen molar-refractivity contribution in [1.82, 2.24) is 0 Å². The van der Waals surface area contributed by atoms with Gasteiger partial charge < -0.3 is 5.11 Å². The van der Waals surface area contributed by atoms with Crippen molar-refractivity contribution < 1.29 is 5.11 Å². The van der Waals surface area contributed by atoms with Gasteiger partial charge in [0.05, 0.1) is 6.10 Å². The molecule has 5 aliphatic rings. The topological polar surface area (TPSA) is 20.2 Å². The van der Waals surface area contributed by atoms with E-state index in [-0.39, 0.29) is 16.1 Å². The summed E-state index contributed by atoms with van der Waals surface area (Å²) in [5.41, 5.74) is 0. The lowest BCUT2D eigenvalue weighted by Gasteiger charge is -2.63. The Bertz CT molecular complexity index is 527. The van der Waals surface area contributed by atoms with Gasteiger partial charge in [0.15, 0.2) is 0 Å². The van der Waals surface area contributed by atoms with E-state index < -0.39 is 0 Å². The molecule has 5 fully saturated rings. The van der Waals surface area contributed by atoms with Gasteiger partial charge in [0, 0.05) is 4.75 Å². The zero-order chi connectivity index (χ0) is 19.2. The molecule has 2 heterocycles. The van der Waals surface area contributed by atoms with Crippen molar-refractivity contribution in [1.29, 1.82) is 0 Å².